The molecule has 2 N–H and O–H groups in total. The van der Waals surface area contributed by atoms with Crippen LogP contribution in [0.25, 0.3) is 22.3 Å². The number of benzene rings is 3. The Hall–Kier alpha value is -1.98. The van der Waals surface area contributed by atoms with Crippen LogP contribution in [0.15, 0.2) is 60.7 Å². The maximum absolute atomic E-state index is 9.32. The molecule has 0 fully saturated rings. The minimum absolute atomic E-state index is 0.384. The monoisotopic (exact) mass is 442 g/mol. The largest absolute Gasteiger partial charge is 0.707 e. The zero-order chi connectivity index (χ0) is 21.5. The smallest absolute Gasteiger partial charge is 0.512 e. The lowest BCUT2D eigenvalue weighted by Gasteiger charge is -2.16. The zero-order valence-corrected chi connectivity index (χ0v) is 18.5. The van der Waals surface area contributed by atoms with Crippen molar-refractivity contribution in [1.29, 1.82) is 0 Å². The van der Waals surface area contributed by atoms with E-state index >= 15 is 0 Å². The molecule has 3 nitrogen and oxygen atoms in total. The number of unbranched alkanes of at least 4 members (excludes halogenated alkanes) is 3. The molecule has 0 saturated carbocycles. The fourth-order valence-corrected chi connectivity index (χ4v) is 3.88. The third-order valence-corrected chi connectivity index (χ3v) is 5.53. The average Bonchev–Trinajstić information content (AvgIpc) is 2.72. The summed E-state index contributed by atoms with van der Waals surface area (Å²) in [5.41, 5.74) is 4.96. The molecule has 0 unspecified atom stereocenters. The molecular formula is C24H25BCl2O3. The molecule has 30 heavy (non-hydrogen) atoms. The molecule has 0 amide bonds. The van der Waals surface area contributed by atoms with Crippen LogP contribution in [-0.2, 0) is 6.42 Å². The fourth-order valence-electron chi connectivity index (χ4n) is 3.56. The molecule has 0 heterocycles. The van der Waals surface area contributed by atoms with Crippen molar-refractivity contribution in [3.8, 4) is 28.0 Å². The van der Waals surface area contributed by atoms with E-state index in [1.165, 1.54) is 24.8 Å². The topological polar surface area (TPSA) is 49.7 Å². The molecule has 3 aromatic carbocycles. The highest BCUT2D eigenvalue weighted by Gasteiger charge is 2.17. The summed E-state index contributed by atoms with van der Waals surface area (Å²) in [6, 6.07) is 19.0. The Bertz CT molecular complexity index is 975. The van der Waals surface area contributed by atoms with Crippen LogP contribution in [0.4, 0.5) is 0 Å². The maximum Gasteiger partial charge on any atom is 0.707 e. The lowest BCUT2D eigenvalue weighted by atomic mass is 9.93. The second kappa shape index (κ2) is 10.9. The second-order valence-electron chi connectivity index (χ2n) is 7.27. The minimum atomic E-state index is -1.90. The Morgan fingerprint density at radius 1 is 0.767 bits per heavy atom. The molecule has 0 saturated heterocycles. The first kappa shape index (κ1) is 22.7. The maximum atomic E-state index is 9.32. The van der Waals surface area contributed by atoms with Gasteiger partial charge in [0.1, 0.15) is 5.75 Å². The molecule has 0 atom stereocenters. The average molecular weight is 443 g/mol. The lowest BCUT2D eigenvalue weighted by molar-refractivity contribution is 0.288. The van der Waals surface area contributed by atoms with E-state index in [-0.39, 0.29) is 0 Å². The summed E-state index contributed by atoms with van der Waals surface area (Å²) in [4.78, 5) is 0. The first-order valence-electron chi connectivity index (χ1n) is 10.2. The second-order valence-corrected chi connectivity index (χ2v) is 8.15. The van der Waals surface area contributed by atoms with Crippen LogP contribution >= 0.6 is 23.2 Å². The van der Waals surface area contributed by atoms with Gasteiger partial charge in [0.2, 0.25) is 0 Å². The first-order valence-corrected chi connectivity index (χ1v) is 10.9. The summed E-state index contributed by atoms with van der Waals surface area (Å²) in [5, 5.41) is 20.0. The fraction of sp³-hybridized carbons (Fsp3) is 0.250. The standard InChI is InChI=1S/C24H25BCl2O3/c1-2-3-4-5-6-18-15-21(27)12-13-22(18)19-9-14-24(30-25(28)29)23(16-19)17-7-10-20(26)11-8-17/h7-16,28-29H,2-6H2,1H3. The van der Waals surface area contributed by atoms with Crippen molar-refractivity contribution in [3.63, 3.8) is 0 Å². The van der Waals surface area contributed by atoms with Gasteiger partial charge in [-0.1, -0.05) is 73.7 Å². The summed E-state index contributed by atoms with van der Waals surface area (Å²) in [7, 11) is -1.90. The Kier molecular flexibility index (Phi) is 8.23. The van der Waals surface area contributed by atoms with Gasteiger partial charge in [-0.15, -0.1) is 0 Å². The molecule has 3 aromatic rings. The van der Waals surface area contributed by atoms with Crippen LogP contribution < -0.4 is 4.65 Å². The van der Waals surface area contributed by atoms with E-state index in [0.29, 0.717) is 10.8 Å². The van der Waals surface area contributed by atoms with Crippen LogP contribution in [0.2, 0.25) is 10.0 Å². The predicted molar refractivity (Wildman–Crippen MR) is 126 cm³/mol. The molecule has 0 aromatic heterocycles. The van der Waals surface area contributed by atoms with E-state index in [9.17, 15) is 10.0 Å². The Morgan fingerprint density at radius 2 is 1.47 bits per heavy atom. The van der Waals surface area contributed by atoms with Crippen molar-refractivity contribution in [1.82, 2.24) is 0 Å². The molecule has 0 aliphatic carbocycles. The third kappa shape index (κ3) is 6.02. The van der Waals surface area contributed by atoms with E-state index in [2.05, 4.69) is 6.92 Å². The number of hydrogen-bond acceptors (Lipinski definition) is 3. The van der Waals surface area contributed by atoms with E-state index in [1.807, 2.05) is 42.5 Å². The predicted octanol–water partition coefficient (Wildman–Crippen LogP) is 6.80. The van der Waals surface area contributed by atoms with Gasteiger partial charge in [0, 0.05) is 15.6 Å². The Morgan fingerprint density at radius 3 is 2.17 bits per heavy atom. The SMILES string of the molecule is CCCCCCc1cc(Cl)ccc1-c1ccc(OB(O)O)c(-c2ccc(Cl)cc2)c1. The number of rotatable bonds is 9. The molecule has 0 spiro atoms. The van der Waals surface area contributed by atoms with E-state index in [1.54, 1.807) is 18.2 Å². The van der Waals surface area contributed by atoms with Gasteiger partial charge in [0.15, 0.2) is 0 Å². The Balaban J connectivity index is 2.02. The quantitative estimate of drug-likeness (QED) is 0.283. The van der Waals surface area contributed by atoms with Crippen LogP contribution in [0.1, 0.15) is 38.2 Å². The van der Waals surface area contributed by atoms with Gasteiger partial charge in [-0.2, -0.15) is 0 Å². The minimum Gasteiger partial charge on any atom is -0.512 e. The number of aryl methyl sites for hydroxylation is 1. The first-order chi connectivity index (χ1) is 14.5. The van der Waals surface area contributed by atoms with Crippen molar-refractivity contribution < 1.29 is 14.7 Å². The van der Waals surface area contributed by atoms with Crippen molar-refractivity contribution in [3.05, 3.63) is 76.3 Å². The van der Waals surface area contributed by atoms with E-state index in [0.717, 1.165) is 40.1 Å². The Labute approximate surface area is 188 Å². The van der Waals surface area contributed by atoms with E-state index in [4.69, 9.17) is 27.9 Å². The van der Waals surface area contributed by atoms with Gasteiger partial charge in [0.25, 0.3) is 0 Å². The molecule has 0 aliphatic rings. The van der Waals surface area contributed by atoms with Gasteiger partial charge < -0.3 is 14.7 Å². The number of halogens is 2. The van der Waals surface area contributed by atoms with Crippen LogP contribution in [-0.4, -0.2) is 17.4 Å². The van der Waals surface area contributed by atoms with Crippen molar-refractivity contribution in [2.75, 3.05) is 0 Å². The van der Waals surface area contributed by atoms with Gasteiger partial charge in [-0.05, 0) is 71.5 Å². The molecule has 0 radical (unpaired) electrons. The molecule has 0 bridgehead atoms. The zero-order valence-electron chi connectivity index (χ0n) is 16.9. The highest BCUT2D eigenvalue weighted by molar-refractivity contribution is 6.34. The van der Waals surface area contributed by atoms with Crippen LogP contribution in [0, 0.1) is 0 Å². The normalized spacial score (nSPS) is 10.8. The number of hydrogen-bond donors (Lipinski definition) is 2. The molecule has 156 valence electrons. The molecular weight excluding hydrogens is 418 g/mol. The van der Waals surface area contributed by atoms with Crippen LogP contribution in [0.5, 0.6) is 5.75 Å². The highest BCUT2D eigenvalue weighted by Crippen LogP contribution is 2.37. The lowest BCUT2D eigenvalue weighted by Crippen LogP contribution is -2.20. The summed E-state index contributed by atoms with van der Waals surface area (Å²) in [5.74, 6) is 0.384. The highest BCUT2D eigenvalue weighted by atomic mass is 35.5. The van der Waals surface area contributed by atoms with Crippen molar-refractivity contribution in [2.24, 2.45) is 0 Å². The molecule has 6 heteroatoms. The summed E-state index contributed by atoms with van der Waals surface area (Å²) in [6.07, 6.45) is 5.69. The van der Waals surface area contributed by atoms with Gasteiger partial charge >= 0.3 is 7.32 Å². The van der Waals surface area contributed by atoms with Gasteiger partial charge in [0.05, 0.1) is 0 Å². The van der Waals surface area contributed by atoms with Crippen molar-refractivity contribution >= 4 is 30.5 Å². The van der Waals surface area contributed by atoms with Gasteiger partial charge in [-0.25, -0.2) is 0 Å². The third-order valence-electron chi connectivity index (χ3n) is 5.05. The van der Waals surface area contributed by atoms with Gasteiger partial charge in [-0.3, -0.25) is 0 Å². The summed E-state index contributed by atoms with van der Waals surface area (Å²) < 4.78 is 5.22. The van der Waals surface area contributed by atoms with Crippen LogP contribution in [0.3, 0.4) is 0 Å². The van der Waals surface area contributed by atoms with Crippen molar-refractivity contribution in [2.45, 2.75) is 39.0 Å². The summed E-state index contributed by atoms with van der Waals surface area (Å²) in [6.45, 7) is 2.20. The van der Waals surface area contributed by atoms with E-state index < -0.39 is 7.32 Å². The molecule has 3 rings (SSSR count). The summed E-state index contributed by atoms with van der Waals surface area (Å²) >= 11 is 12.3. The molecule has 0 aliphatic heterocycles.